The predicted octanol–water partition coefficient (Wildman–Crippen LogP) is 2.87. The summed E-state index contributed by atoms with van der Waals surface area (Å²) in [5.41, 5.74) is 3.26. The Balaban J connectivity index is 1.58. The van der Waals surface area contributed by atoms with Gasteiger partial charge in [-0.3, -0.25) is 29.8 Å². The van der Waals surface area contributed by atoms with E-state index in [1.807, 2.05) is 6.92 Å². The van der Waals surface area contributed by atoms with Crippen molar-refractivity contribution in [1.82, 2.24) is 19.4 Å². The highest BCUT2D eigenvalue weighted by Crippen LogP contribution is 2.21. The summed E-state index contributed by atoms with van der Waals surface area (Å²) in [5, 5.41) is 15.2. The standard InChI is InChI=1S/C20H18N6O4S/c1-3-16-8-17-19(31-16)22-12(2)25(20(17)28)23-18(27)14-6-4-5-13(7-14)10-24-11-15(9-21-24)26(29)30/h4-9,11H,3,10H2,1-2H3,(H,23,27). The average Bonchev–Trinajstić information content (AvgIpc) is 3.38. The number of fused-ring (bicyclic) bond motifs is 1. The van der Waals surface area contributed by atoms with Crippen LogP contribution in [-0.4, -0.2) is 30.3 Å². The number of carbonyl (C=O) groups excluding carboxylic acids is 1. The zero-order valence-electron chi connectivity index (χ0n) is 16.7. The molecule has 11 heteroatoms. The van der Waals surface area contributed by atoms with Crippen molar-refractivity contribution in [2.75, 3.05) is 5.43 Å². The molecule has 3 aromatic heterocycles. The summed E-state index contributed by atoms with van der Waals surface area (Å²) in [6, 6.07) is 8.56. The number of carbonyl (C=O) groups is 1. The van der Waals surface area contributed by atoms with Gasteiger partial charge in [0.05, 0.1) is 16.9 Å². The summed E-state index contributed by atoms with van der Waals surface area (Å²) in [5.74, 6) is -0.0825. The van der Waals surface area contributed by atoms with Gasteiger partial charge >= 0.3 is 5.69 Å². The second-order valence-electron chi connectivity index (χ2n) is 6.88. The Hall–Kier alpha value is -3.86. The quantitative estimate of drug-likeness (QED) is 0.364. The molecular weight excluding hydrogens is 420 g/mol. The molecule has 3 heterocycles. The van der Waals surface area contributed by atoms with Gasteiger partial charge in [-0.05, 0) is 37.1 Å². The van der Waals surface area contributed by atoms with Crippen LogP contribution in [0.25, 0.3) is 10.2 Å². The molecule has 10 nitrogen and oxygen atoms in total. The Morgan fingerprint density at radius 2 is 2.13 bits per heavy atom. The van der Waals surface area contributed by atoms with Crippen molar-refractivity contribution in [2.45, 2.75) is 26.8 Å². The van der Waals surface area contributed by atoms with Gasteiger partial charge in [-0.15, -0.1) is 11.3 Å². The third kappa shape index (κ3) is 4.08. The molecule has 4 rings (SSSR count). The lowest BCUT2D eigenvalue weighted by atomic mass is 10.1. The van der Waals surface area contributed by atoms with Crippen molar-refractivity contribution >= 4 is 33.1 Å². The summed E-state index contributed by atoms with van der Waals surface area (Å²) < 4.78 is 2.57. The number of rotatable bonds is 6. The van der Waals surface area contributed by atoms with Gasteiger partial charge in [0.2, 0.25) is 0 Å². The maximum absolute atomic E-state index is 12.9. The van der Waals surface area contributed by atoms with Crippen molar-refractivity contribution in [1.29, 1.82) is 0 Å². The third-order valence-corrected chi connectivity index (χ3v) is 5.88. The highest BCUT2D eigenvalue weighted by Gasteiger charge is 2.15. The predicted molar refractivity (Wildman–Crippen MR) is 116 cm³/mol. The zero-order valence-corrected chi connectivity index (χ0v) is 17.5. The van der Waals surface area contributed by atoms with E-state index in [-0.39, 0.29) is 17.8 Å². The number of hydrogen-bond acceptors (Lipinski definition) is 7. The Labute approximate surface area is 179 Å². The van der Waals surface area contributed by atoms with Gasteiger partial charge in [-0.25, -0.2) is 9.66 Å². The fourth-order valence-corrected chi connectivity index (χ4v) is 4.14. The van der Waals surface area contributed by atoms with E-state index in [2.05, 4.69) is 15.5 Å². The molecule has 0 unspecified atom stereocenters. The monoisotopic (exact) mass is 438 g/mol. The minimum Gasteiger partial charge on any atom is -0.267 e. The topological polar surface area (TPSA) is 125 Å². The second kappa shape index (κ2) is 8.11. The van der Waals surface area contributed by atoms with Gasteiger partial charge in [0.25, 0.3) is 11.5 Å². The summed E-state index contributed by atoms with van der Waals surface area (Å²) >= 11 is 1.47. The van der Waals surface area contributed by atoms with Crippen LogP contribution in [-0.2, 0) is 13.0 Å². The Kier molecular flexibility index (Phi) is 5.34. The normalized spacial score (nSPS) is 11.0. The Morgan fingerprint density at radius 1 is 1.32 bits per heavy atom. The summed E-state index contributed by atoms with van der Waals surface area (Å²) in [4.78, 5) is 42.1. The molecular formula is C20H18N6O4S. The number of aryl methyl sites for hydroxylation is 2. The van der Waals surface area contributed by atoms with E-state index >= 15 is 0 Å². The smallest absolute Gasteiger partial charge is 0.267 e. The summed E-state index contributed by atoms with van der Waals surface area (Å²) in [6.07, 6.45) is 3.29. The summed E-state index contributed by atoms with van der Waals surface area (Å²) in [7, 11) is 0. The molecule has 0 aliphatic heterocycles. The molecule has 0 saturated carbocycles. The van der Waals surface area contributed by atoms with Gasteiger partial charge in [0.1, 0.15) is 23.0 Å². The van der Waals surface area contributed by atoms with Crippen LogP contribution in [0.5, 0.6) is 0 Å². The molecule has 1 aromatic carbocycles. The van der Waals surface area contributed by atoms with Crippen LogP contribution in [0.1, 0.15) is 33.5 Å². The zero-order chi connectivity index (χ0) is 22.1. The minimum atomic E-state index is -0.519. The minimum absolute atomic E-state index is 0.105. The number of amides is 1. The number of nitrogens with one attached hydrogen (secondary N) is 1. The van der Waals surface area contributed by atoms with Crippen LogP contribution < -0.4 is 11.0 Å². The van der Waals surface area contributed by atoms with E-state index < -0.39 is 10.8 Å². The fraction of sp³-hybridized carbons (Fsp3) is 0.200. The molecule has 158 valence electrons. The molecule has 0 fully saturated rings. The number of hydrogen-bond donors (Lipinski definition) is 1. The molecule has 0 spiro atoms. The molecule has 0 saturated heterocycles. The van der Waals surface area contributed by atoms with E-state index in [4.69, 9.17) is 0 Å². The van der Waals surface area contributed by atoms with Crippen LogP contribution in [0, 0.1) is 17.0 Å². The number of nitrogens with zero attached hydrogens (tertiary/aromatic N) is 5. The maximum atomic E-state index is 12.9. The Morgan fingerprint density at radius 3 is 2.84 bits per heavy atom. The maximum Gasteiger partial charge on any atom is 0.307 e. The Bertz CT molecular complexity index is 1370. The van der Waals surface area contributed by atoms with E-state index in [1.54, 1.807) is 37.3 Å². The van der Waals surface area contributed by atoms with Crippen LogP contribution >= 0.6 is 11.3 Å². The number of benzene rings is 1. The van der Waals surface area contributed by atoms with E-state index in [9.17, 15) is 19.7 Å². The molecule has 0 aliphatic carbocycles. The average molecular weight is 438 g/mol. The molecule has 31 heavy (non-hydrogen) atoms. The number of thiophene rings is 1. The molecule has 0 aliphatic rings. The van der Waals surface area contributed by atoms with Crippen LogP contribution in [0.4, 0.5) is 5.69 Å². The molecule has 0 radical (unpaired) electrons. The fourth-order valence-electron chi connectivity index (χ4n) is 3.14. The number of nitro groups is 1. The van der Waals surface area contributed by atoms with Gasteiger partial charge in [-0.1, -0.05) is 19.1 Å². The van der Waals surface area contributed by atoms with Crippen molar-refractivity contribution in [3.8, 4) is 0 Å². The first-order valence-electron chi connectivity index (χ1n) is 9.45. The van der Waals surface area contributed by atoms with E-state index in [1.165, 1.54) is 28.4 Å². The lowest BCUT2D eigenvalue weighted by Gasteiger charge is -2.11. The highest BCUT2D eigenvalue weighted by molar-refractivity contribution is 7.18. The van der Waals surface area contributed by atoms with Gasteiger partial charge in [0.15, 0.2) is 0 Å². The van der Waals surface area contributed by atoms with Crippen LogP contribution in [0.15, 0.2) is 47.5 Å². The SMILES string of the molecule is CCc1cc2c(=O)n(NC(=O)c3cccc(Cn4cc([N+](=O)[O-])cn4)c3)c(C)nc2s1. The molecule has 4 aromatic rings. The van der Waals surface area contributed by atoms with Crippen molar-refractivity contribution in [3.05, 3.63) is 85.0 Å². The van der Waals surface area contributed by atoms with Crippen molar-refractivity contribution in [3.63, 3.8) is 0 Å². The first-order valence-corrected chi connectivity index (χ1v) is 10.3. The number of aromatic nitrogens is 4. The van der Waals surface area contributed by atoms with E-state index in [0.717, 1.165) is 21.5 Å². The van der Waals surface area contributed by atoms with Crippen LogP contribution in [0.2, 0.25) is 0 Å². The van der Waals surface area contributed by atoms with Crippen molar-refractivity contribution < 1.29 is 9.72 Å². The third-order valence-electron chi connectivity index (χ3n) is 4.71. The second-order valence-corrected chi connectivity index (χ2v) is 7.99. The van der Waals surface area contributed by atoms with Gasteiger partial charge in [-0.2, -0.15) is 5.10 Å². The van der Waals surface area contributed by atoms with E-state index in [0.29, 0.717) is 21.6 Å². The van der Waals surface area contributed by atoms with Gasteiger partial charge < -0.3 is 0 Å². The highest BCUT2D eigenvalue weighted by atomic mass is 32.1. The largest absolute Gasteiger partial charge is 0.307 e. The lowest BCUT2D eigenvalue weighted by Crippen LogP contribution is -2.35. The molecule has 0 atom stereocenters. The molecule has 1 N–H and O–H groups in total. The van der Waals surface area contributed by atoms with Crippen LogP contribution in [0.3, 0.4) is 0 Å². The first-order chi connectivity index (χ1) is 14.9. The van der Waals surface area contributed by atoms with Gasteiger partial charge in [0, 0.05) is 10.4 Å². The van der Waals surface area contributed by atoms with Crippen molar-refractivity contribution in [2.24, 2.45) is 0 Å². The molecule has 0 bridgehead atoms. The lowest BCUT2D eigenvalue weighted by molar-refractivity contribution is -0.385. The first kappa shape index (κ1) is 20.4. The molecule has 1 amide bonds. The summed E-state index contributed by atoms with van der Waals surface area (Å²) in [6.45, 7) is 3.93.